The highest BCUT2D eigenvalue weighted by atomic mass is 16.5. The molecule has 84 valence electrons. The quantitative estimate of drug-likeness (QED) is 0.727. The maximum absolute atomic E-state index is 11.0. The molecule has 6 nitrogen and oxygen atoms in total. The van der Waals surface area contributed by atoms with Gasteiger partial charge in [-0.25, -0.2) is 14.3 Å². The van der Waals surface area contributed by atoms with Crippen LogP contribution in [0.1, 0.15) is 5.56 Å². The number of rotatable bonds is 3. The van der Waals surface area contributed by atoms with Gasteiger partial charge in [0.1, 0.15) is 0 Å². The molecule has 16 heavy (non-hydrogen) atoms. The van der Waals surface area contributed by atoms with E-state index < -0.39 is 12.1 Å². The third-order valence-electron chi connectivity index (χ3n) is 2.20. The number of hydrogen-bond donors (Lipinski definition) is 1. The fourth-order valence-corrected chi connectivity index (χ4v) is 1.40. The molecule has 0 aromatic carbocycles. The van der Waals surface area contributed by atoms with Crippen LogP contribution in [0.4, 0.5) is 0 Å². The van der Waals surface area contributed by atoms with Gasteiger partial charge in [0.2, 0.25) is 0 Å². The molecule has 0 radical (unpaired) electrons. The van der Waals surface area contributed by atoms with Crippen molar-refractivity contribution in [2.45, 2.75) is 12.5 Å². The molecule has 0 bridgehead atoms. The van der Waals surface area contributed by atoms with Crippen molar-refractivity contribution >= 4 is 11.6 Å². The van der Waals surface area contributed by atoms with E-state index in [9.17, 15) is 9.90 Å². The Hall–Kier alpha value is -1.95. The molecule has 0 saturated carbocycles. The lowest BCUT2D eigenvalue weighted by Crippen LogP contribution is -2.24. The van der Waals surface area contributed by atoms with Gasteiger partial charge in [-0.2, -0.15) is 5.10 Å². The van der Waals surface area contributed by atoms with Gasteiger partial charge in [-0.3, -0.25) is 0 Å². The molecule has 0 aliphatic heterocycles. The van der Waals surface area contributed by atoms with E-state index in [4.69, 9.17) is 0 Å². The van der Waals surface area contributed by atoms with E-state index in [0.29, 0.717) is 5.56 Å². The third kappa shape index (κ3) is 2.01. The van der Waals surface area contributed by atoms with Crippen LogP contribution in [-0.2, 0) is 16.0 Å². The number of methoxy groups -OCH3 is 1. The number of carbonyl (C=O) groups is 1. The molecular formula is C10H11N3O3. The molecule has 1 atom stereocenters. The predicted molar refractivity (Wildman–Crippen MR) is 54.7 cm³/mol. The zero-order valence-electron chi connectivity index (χ0n) is 8.70. The van der Waals surface area contributed by atoms with Crippen LogP contribution in [0.5, 0.6) is 0 Å². The summed E-state index contributed by atoms with van der Waals surface area (Å²) in [5.74, 6) is -0.652. The molecule has 0 spiro atoms. The number of fused-ring (bicyclic) bond motifs is 1. The molecule has 0 fully saturated rings. The van der Waals surface area contributed by atoms with Crippen molar-refractivity contribution in [3.63, 3.8) is 0 Å². The summed E-state index contributed by atoms with van der Waals surface area (Å²) >= 11 is 0. The van der Waals surface area contributed by atoms with Crippen molar-refractivity contribution < 1.29 is 14.6 Å². The first-order valence-electron chi connectivity index (χ1n) is 4.75. The minimum atomic E-state index is -1.17. The van der Waals surface area contributed by atoms with Gasteiger partial charge in [0.25, 0.3) is 0 Å². The molecule has 1 N–H and O–H groups in total. The highest BCUT2D eigenvalue weighted by Gasteiger charge is 2.16. The van der Waals surface area contributed by atoms with E-state index in [1.54, 1.807) is 29.2 Å². The Morgan fingerprint density at radius 3 is 3.25 bits per heavy atom. The monoisotopic (exact) mass is 221 g/mol. The van der Waals surface area contributed by atoms with Gasteiger partial charge in [0.05, 0.1) is 13.3 Å². The topological polar surface area (TPSA) is 76.7 Å². The average molecular weight is 221 g/mol. The first-order chi connectivity index (χ1) is 7.70. The van der Waals surface area contributed by atoms with Gasteiger partial charge >= 0.3 is 5.97 Å². The highest BCUT2D eigenvalue weighted by Crippen LogP contribution is 2.05. The summed E-state index contributed by atoms with van der Waals surface area (Å²) in [6, 6.07) is 1.76. The summed E-state index contributed by atoms with van der Waals surface area (Å²) in [6.45, 7) is 0. The fourth-order valence-electron chi connectivity index (χ4n) is 1.40. The molecule has 1 unspecified atom stereocenters. The van der Waals surface area contributed by atoms with Crippen LogP contribution in [0.2, 0.25) is 0 Å². The van der Waals surface area contributed by atoms with Gasteiger partial charge < -0.3 is 9.84 Å². The van der Waals surface area contributed by atoms with Gasteiger partial charge in [0, 0.05) is 24.9 Å². The van der Waals surface area contributed by atoms with Crippen molar-refractivity contribution in [2.75, 3.05) is 7.11 Å². The molecule has 0 aliphatic rings. The lowest BCUT2D eigenvalue weighted by Gasteiger charge is -2.07. The van der Waals surface area contributed by atoms with Crippen LogP contribution in [0.3, 0.4) is 0 Å². The van der Waals surface area contributed by atoms with Gasteiger partial charge in [-0.05, 0) is 5.56 Å². The Bertz CT molecular complexity index is 509. The molecule has 2 aromatic heterocycles. The summed E-state index contributed by atoms with van der Waals surface area (Å²) in [5.41, 5.74) is 1.44. The molecule has 6 heteroatoms. The minimum absolute atomic E-state index is 0.162. The first-order valence-corrected chi connectivity index (χ1v) is 4.75. The van der Waals surface area contributed by atoms with Crippen molar-refractivity contribution in [1.82, 2.24) is 14.6 Å². The Morgan fingerprint density at radius 2 is 2.50 bits per heavy atom. The third-order valence-corrected chi connectivity index (χ3v) is 2.20. The van der Waals surface area contributed by atoms with Crippen LogP contribution in [0.25, 0.3) is 5.65 Å². The molecule has 2 aromatic rings. The second-order valence-electron chi connectivity index (χ2n) is 3.34. The summed E-state index contributed by atoms with van der Waals surface area (Å²) in [4.78, 5) is 15.1. The number of esters is 1. The Morgan fingerprint density at radius 1 is 1.69 bits per heavy atom. The van der Waals surface area contributed by atoms with E-state index in [1.807, 2.05) is 0 Å². The van der Waals surface area contributed by atoms with Gasteiger partial charge in [0.15, 0.2) is 11.8 Å². The van der Waals surface area contributed by atoms with Crippen LogP contribution in [0.15, 0.2) is 24.7 Å². The molecule has 0 aliphatic carbocycles. The highest BCUT2D eigenvalue weighted by molar-refractivity contribution is 5.74. The smallest absolute Gasteiger partial charge is 0.335 e. The lowest BCUT2D eigenvalue weighted by molar-refractivity contribution is -0.150. The maximum atomic E-state index is 11.0. The van der Waals surface area contributed by atoms with Crippen LogP contribution >= 0.6 is 0 Å². The van der Waals surface area contributed by atoms with Gasteiger partial charge in [-0.1, -0.05) is 0 Å². The Balaban J connectivity index is 2.17. The fraction of sp³-hybridized carbons (Fsp3) is 0.300. The number of carbonyl (C=O) groups excluding carboxylic acids is 1. The molecule has 0 amide bonds. The first kappa shape index (κ1) is 10.6. The standard InChI is InChI=1S/C10H11N3O3/c1-16-10(15)8(14)4-7-5-11-9-2-3-12-13(9)6-7/h2-3,5-6,8,14H,4H2,1H3. The molecule has 2 rings (SSSR count). The van der Waals surface area contributed by atoms with Gasteiger partial charge in [-0.15, -0.1) is 0 Å². The summed E-state index contributed by atoms with van der Waals surface area (Å²) in [7, 11) is 1.24. The van der Waals surface area contributed by atoms with Crippen LogP contribution < -0.4 is 0 Å². The second kappa shape index (κ2) is 4.28. The van der Waals surface area contributed by atoms with Crippen molar-refractivity contribution in [1.29, 1.82) is 0 Å². The van der Waals surface area contributed by atoms with E-state index in [1.165, 1.54) is 7.11 Å². The van der Waals surface area contributed by atoms with E-state index in [0.717, 1.165) is 5.65 Å². The van der Waals surface area contributed by atoms with Crippen LogP contribution in [0, 0.1) is 0 Å². The lowest BCUT2D eigenvalue weighted by atomic mass is 10.1. The normalized spacial score (nSPS) is 12.6. The number of aliphatic hydroxyl groups excluding tert-OH is 1. The van der Waals surface area contributed by atoms with E-state index >= 15 is 0 Å². The predicted octanol–water partition coefficient (Wildman–Crippen LogP) is -0.194. The number of aromatic nitrogens is 3. The van der Waals surface area contributed by atoms with E-state index in [-0.39, 0.29) is 6.42 Å². The summed E-state index contributed by atoms with van der Waals surface area (Å²) in [6.07, 6.45) is 3.94. The SMILES string of the molecule is COC(=O)C(O)Cc1cnc2ccnn2c1. The minimum Gasteiger partial charge on any atom is -0.467 e. The molecule has 2 heterocycles. The number of hydrogen-bond acceptors (Lipinski definition) is 5. The van der Waals surface area contributed by atoms with Crippen molar-refractivity contribution in [3.05, 3.63) is 30.2 Å². The second-order valence-corrected chi connectivity index (χ2v) is 3.34. The van der Waals surface area contributed by atoms with Crippen LogP contribution in [-0.4, -0.2) is 38.9 Å². The number of nitrogens with zero attached hydrogens (tertiary/aromatic N) is 3. The largest absolute Gasteiger partial charge is 0.467 e. The zero-order valence-corrected chi connectivity index (χ0v) is 8.70. The maximum Gasteiger partial charge on any atom is 0.335 e. The summed E-state index contributed by atoms with van der Waals surface area (Å²) in [5, 5.41) is 13.5. The molecular weight excluding hydrogens is 210 g/mol. The Kier molecular flexibility index (Phi) is 2.82. The van der Waals surface area contributed by atoms with Crippen molar-refractivity contribution in [2.24, 2.45) is 0 Å². The summed E-state index contributed by atoms with van der Waals surface area (Å²) < 4.78 is 6.01. The number of ether oxygens (including phenoxy) is 1. The molecule has 0 saturated heterocycles. The Labute approximate surface area is 91.5 Å². The van der Waals surface area contributed by atoms with E-state index in [2.05, 4.69) is 14.8 Å². The number of aliphatic hydroxyl groups is 1. The van der Waals surface area contributed by atoms with Crippen molar-refractivity contribution in [3.8, 4) is 0 Å². The zero-order chi connectivity index (χ0) is 11.5. The average Bonchev–Trinajstić information content (AvgIpc) is 2.75.